The fourth-order valence-electron chi connectivity index (χ4n) is 3.83. The molecule has 0 fully saturated rings. The van der Waals surface area contributed by atoms with Gasteiger partial charge in [-0.3, -0.25) is 14.4 Å². The molecule has 8 N–H and O–H groups in total. The van der Waals surface area contributed by atoms with E-state index in [1.54, 1.807) is 49.4 Å². The highest BCUT2D eigenvalue weighted by molar-refractivity contribution is 5.94. The van der Waals surface area contributed by atoms with Crippen molar-refractivity contribution >= 4 is 23.7 Å². The van der Waals surface area contributed by atoms with Gasteiger partial charge in [0.2, 0.25) is 17.7 Å². The lowest BCUT2D eigenvalue weighted by atomic mass is 9.98. The third-order valence-electron chi connectivity index (χ3n) is 6.53. The maximum absolute atomic E-state index is 13.3. The van der Waals surface area contributed by atoms with Crippen molar-refractivity contribution in [3.05, 3.63) is 65.7 Å². The Hall–Kier alpha value is -3.96. The molecule has 11 heteroatoms. The fraction of sp³-hybridized carbons (Fsp3) is 0.429. The third kappa shape index (κ3) is 9.69. The molecule has 39 heavy (non-hydrogen) atoms. The number of nitrogens with one attached hydrogen (secondary N) is 3. The molecule has 2 rings (SSSR count). The maximum atomic E-state index is 13.3. The Morgan fingerprint density at radius 1 is 0.795 bits per heavy atom. The summed E-state index contributed by atoms with van der Waals surface area (Å²) >= 11 is 0. The van der Waals surface area contributed by atoms with Crippen molar-refractivity contribution in [2.75, 3.05) is 0 Å². The lowest BCUT2D eigenvalue weighted by Gasteiger charge is -2.27. The first-order valence-corrected chi connectivity index (χ1v) is 12.8. The van der Waals surface area contributed by atoms with Gasteiger partial charge in [-0.15, -0.1) is 0 Å². The van der Waals surface area contributed by atoms with Crippen LogP contribution in [0.5, 0.6) is 5.75 Å². The van der Waals surface area contributed by atoms with Gasteiger partial charge < -0.3 is 37.0 Å². The highest BCUT2D eigenvalue weighted by atomic mass is 16.4. The van der Waals surface area contributed by atoms with Crippen LogP contribution in [0.2, 0.25) is 0 Å². The summed E-state index contributed by atoms with van der Waals surface area (Å²) in [6, 6.07) is 9.86. The average molecular weight is 543 g/mol. The molecule has 6 unspecified atom stereocenters. The Bertz CT molecular complexity index is 1110. The number of hydrogen-bond acceptors (Lipinski definition) is 7. The van der Waals surface area contributed by atoms with Crippen molar-refractivity contribution in [1.82, 2.24) is 16.0 Å². The van der Waals surface area contributed by atoms with Crippen LogP contribution in [0.4, 0.5) is 0 Å². The first kappa shape index (κ1) is 31.3. The zero-order chi connectivity index (χ0) is 29.1. The number of aliphatic hydroxyl groups is 1. The second kappa shape index (κ2) is 14.8. The van der Waals surface area contributed by atoms with Crippen molar-refractivity contribution in [3.63, 3.8) is 0 Å². The second-order valence-corrected chi connectivity index (χ2v) is 9.66. The van der Waals surface area contributed by atoms with Crippen molar-refractivity contribution in [2.45, 2.75) is 70.3 Å². The molecule has 11 nitrogen and oxygen atoms in total. The number of rotatable bonds is 14. The predicted octanol–water partition coefficient (Wildman–Crippen LogP) is 0.471. The van der Waals surface area contributed by atoms with Crippen LogP contribution in [0.1, 0.15) is 38.3 Å². The SMILES string of the molecule is CCC(C)C(N)C(=O)NC(C(=O)NC(Cc1ccccc1)C(=O)NC(Cc1ccc(O)cc1)C(=O)O)C(C)O. The molecule has 0 saturated carbocycles. The summed E-state index contributed by atoms with van der Waals surface area (Å²) in [7, 11) is 0. The largest absolute Gasteiger partial charge is 0.508 e. The maximum Gasteiger partial charge on any atom is 0.326 e. The van der Waals surface area contributed by atoms with E-state index in [1.807, 2.05) is 6.92 Å². The quantitative estimate of drug-likeness (QED) is 0.179. The zero-order valence-corrected chi connectivity index (χ0v) is 22.3. The molecule has 6 atom stereocenters. The topological polar surface area (TPSA) is 191 Å². The van der Waals surface area contributed by atoms with E-state index in [1.165, 1.54) is 19.1 Å². The normalized spacial score (nSPS) is 15.6. The number of amides is 3. The van der Waals surface area contributed by atoms with Gasteiger partial charge in [-0.25, -0.2) is 4.79 Å². The Morgan fingerprint density at radius 3 is 1.87 bits per heavy atom. The molecule has 2 aromatic rings. The van der Waals surface area contributed by atoms with Crippen LogP contribution in [0.15, 0.2) is 54.6 Å². The molecular weight excluding hydrogens is 504 g/mol. The van der Waals surface area contributed by atoms with E-state index in [0.29, 0.717) is 17.5 Å². The Kier molecular flexibility index (Phi) is 11.9. The summed E-state index contributed by atoms with van der Waals surface area (Å²) in [5.41, 5.74) is 7.23. The molecule has 0 aliphatic rings. The molecule has 0 heterocycles. The van der Waals surface area contributed by atoms with Gasteiger partial charge in [0, 0.05) is 12.8 Å². The number of aliphatic carboxylic acids is 1. The lowest BCUT2D eigenvalue weighted by Crippen LogP contribution is -2.60. The van der Waals surface area contributed by atoms with Crippen molar-refractivity contribution in [1.29, 1.82) is 0 Å². The van der Waals surface area contributed by atoms with Crippen LogP contribution in [0.25, 0.3) is 0 Å². The zero-order valence-electron chi connectivity index (χ0n) is 22.3. The highest BCUT2D eigenvalue weighted by Gasteiger charge is 2.33. The fourth-order valence-corrected chi connectivity index (χ4v) is 3.83. The van der Waals surface area contributed by atoms with E-state index in [-0.39, 0.29) is 24.5 Å². The molecule has 0 bridgehead atoms. The van der Waals surface area contributed by atoms with Gasteiger partial charge in [0.05, 0.1) is 12.1 Å². The smallest absolute Gasteiger partial charge is 0.326 e. The van der Waals surface area contributed by atoms with Gasteiger partial charge >= 0.3 is 5.97 Å². The minimum absolute atomic E-state index is 0.0187. The van der Waals surface area contributed by atoms with Crippen LogP contribution in [0, 0.1) is 5.92 Å². The van der Waals surface area contributed by atoms with E-state index in [2.05, 4.69) is 16.0 Å². The van der Waals surface area contributed by atoms with Gasteiger partial charge in [0.15, 0.2) is 0 Å². The number of carbonyl (C=O) groups is 4. The minimum Gasteiger partial charge on any atom is -0.508 e. The number of phenolic OH excluding ortho intramolecular Hbond substituents is 1. The molecule has 0 spiro atoms. The van der Waals surface area contributed by atoms with Crippen LogP contribution in [-0.4, -0.2) is 69.3 Å². The third-order valence-corrected chi connectivity index (χ3v) is 6.53. The number of nitrogens with two attached hydrogens (primary N) is 1. The summed E-state index contributed by atoms with van der Waals surface area (Å²) in [4.78, 5) is 51.0. The first-order valence-electron chi connectivity index (χ1n) is 12.8. The van der Waals surface area contributed by atoms with E-state index in [4.69, 9.17) is 5.73 Å². The molecule has 0 aliphatic heterocycles. The van der Waals surface area contributed by atoms with Crippen LogP contribution in [-0.2, 0) is 32.0 Å². The summed E-state index contributed by atoms with van der Waals surface area (Å²) in [6.45, 7) is 4.98. The van der Waals surface area contributed by atoms with Gasteiger partial charge in [-0.2, -0.15) is 0 Å². The number of benzene rings is 2. The van der Waals surface area contributed by atoms with E-state index >= 15 is 0 Å². The summed E-state index contributed by atoms with van der Waals surface area (Å²) in [5.74, 6) is -3.63. The molecule has 0 radical (unpaired) electrons. The van der Waals surface area contributed by atoms with Gasteiger partial charge in [0.1, 0.15) is 23.9 Å². The lowest BCUT2D eigenvalue weighted by molar-refractivity contribution is -0.142. The van der Waals surface area contributed by atoms with Crippen molar-refractivity contribution in [3.8, 4) is 5.75 Å². The number of aromatic hydroxyl groups is 1. The predicted molar refractivity (Wildman–Crippen MR) is 144 cm³/mol. The molecule has 0 aliphatic carbocycles. The monoisotopic (exact) mass is 542 g/mol. The minimum atomic E-state index is -1.40. The molecule has 0 aromatic heterocycles. The van der Waals surface area contributed by atoms with Gasteiger partial charge in [-0.1, -0.05) is 62.7 Å². The second-order valence-electron chi connectivity index (χ2n) is 9.66. The van der Waals surface area contributed by atoms with Gasteiger partial charge in [-0.05, 0) is 36.1 Å². The Morgan fingerprint density at radius 2 is 1.33 bits per heavy atom. The van der Waals surface area contributed by atoms with Crippen molar-refractivity contribution in [2.24, 2.45) is 11.7 Å². The molecule has 3 amide bonds. The standard InChI is InChI=1S/C28H38N4O7/c1-4-16(2)23(29)26(36)32-24(17(3)33)27(37)30-21(14-18-8-6-5-7-9-18)25(35)31-22(28(38)39)15-19-10-12-20(34)13-11-19/h5-13,16-17,21-24,33-34H,4,14-15,29H2,1-3H3,(H,30,37)(H,31,35)(H,32,36)(H,38,39). The molecular formula is C28H38N4O7. The van der Waals surface area contributed by atoms with Crippen LogP contribution >= 0.6 is 0 Å². The van der Waals surface area contributed by atoms with E-state index in [0.717, 1.165) is 0 Å². The summed E-state index contributed by atoms with van der Waals surface area (Å²) in [5, 5.41) is 36.9. The van der Waals surface area contributed by atoms with Crippen LogP contribution in [0.3, 0.4) is 0 Å². The van der Waals surface area contributed by atoms with E-state index < -0.39 is 54.0 Å². The Balaban J connectivity index is 2.24. The molecule has 212 valence electrons. The number of carboxylic acid groups (broad SMARTS) is 1. The molecule has 2 aromatic carbocycles. The van der Waals surface area contributed by atoms with Crippen LogP contribution < -0.4 is 21.7 Å². The highest BCUT2D eigenvalue weighted by Crippen LogP contribution is 2.12. The number of aliphatic hydroxyl groups excluding tert-OH is 1. The number of carbonyl (C=O) groups excluding carboxylic acids is 3. The average Bonchev–Trinajstić information content (AvgIpc) is 2.91. The number of phenols is 1. The van der Waals surface area contributed by atoms with Crippen molar-refractivity contribution < 1.29 is 34.5 Å². The van der Waals surface area contributed by atoms with Gasteiger partial charge in [0.25, 0.3) is 0 Å². The number of carboxylic acids is 1. The number of hydrogen-bond donors (Lipinski definition) is 7. The summed E-state index contributed by atoms with van der Waals surface area (Å²) in [6.07, 6.45) is -0.710. The summed E-state index contributed by atoms with van der Waals surface area (Å²) < 4.78 is 0. The van der Waals surface area contributed by atoms with E-state index in [9.17, 15) is 34.5 Å². The molecule has 0 saturated heterocycles. The first-order chi connectivity index (χ1) is 18.4. The Labute approximate surface area is 227 Å².